The van der Waals surface area contributed by atoms with Crippen LogP contribution in [0.4, 0.5) is 10.5 Å². The minimum atomic E-state index is -0.829. The largest absolute Gasteiger partial charge is 0.368 e. The molecule has 1 aliphatic rings. The summed E-state index contributed by atoms with van der Waals surface area (Å²) in [5, 5.41) is 5.31. The monoisotopic (exact) mass is 345 g/mol. The van der Waals surface area contributed by atoms with Crippen LogP contribution in [0.25, 0.3) is 0 Å². The third kappa shape index (κ3) is 2.68. The molecule has 0 unspecified atom stereocenters. The smallest absolute Gasteiger partial charge is 0.320 e. The third-order valence-electron chi connectivity index (χ3n) is 2.70. The van der Waals surface area contributed by atoms with Gasteiger partial charge in [0.05, 0.1) is 5.69 Å². The topological polar surface area (TPSA) is 84.2 Å². The molecule has 1 aromatic rings. The van der Waals surface area contributed by atoms with E-state index in [1.165, 1.54) is 0 Å². The van der Waals surface area contributed by atoms with Crippen molar-refractivity contribution in [1.82, 2.24) is 5.32 Å². The summed E-state index contributed by atoms with van der Waals surface area (Å²) >= 11 is 2.13. The standard InChI is InChI=1S/C11H12IN3O2/c12-7-3-1-2-4-8(7)14-10(17)15-11(5-6-11)9(13)16/h1-4H,5-6H2,(H2,13,16)(H2,14,15,17). The Balaban J connectivity index is 1.99. The lowest BCUT2D eigenvalue weighted by Crippen LogP contribution is -2.48. The van der Waals surface area contributed by atoms with Crippen molar-refractivity contribution in [2.24, 2.45) is 5.73 Å². The van der Waals surface area contributed by atoms with E-state index < -0.39 is 17.5 Å². The van der Waals surface area contributed by atoms with E-state index in [0.717, 1.165) is 3.57 Å². The Hall–Kier alpha value is -1.31. The first-order valence-electron chi connectivity index (χ1n) is 5.17. The second kappa shape index (κ2) is 4.52. The van der Waals surface area contributed by atoms with Crippen molar-refractivity contribution in [3.8, 4) is 0 Å². The van der Waals surface area contributed by atoms with Gasteiger partial charge in [-0.2, -0.15) is 0 Å². The Bertz CT molecular complexity index is 472. The number of rotatable bonds is 3. The van der Waals surface area contributed by atoms with E-state index in [4.69, 9.17) is 5.73 Å². The third-order valence-corrected chi connectivity index (χ3v) is 3.64. The summed E-state index contributed by atoms with van der Waals surface area (Å²) in [6.45, 7) is 0. The minimum Gasteiger partial charge on any atom is -0.368 e. The number of benzene rings is 1. The molecule has 3 amide bonds. The normalized spacial score (nSPS) is 16.1. The van der Waals surface area contributed by atoms with Gasteiger partial charge < -0.3 is 16.4 Å². The lowest BCUT2D eigenvalue weighted by atomic mass is 10.2. The first kappa shape index (κ1) is 12.2. The van der Waals surface area contributed by atoms with E-state index in [0.29, 0.717) is 18.5 Å². The number of halogens is 1. The number of carbonyl (C=O) groups is 2. The predicted octanol–water partition coefficient (Wildman–Crippen LogP) is 1.43. The molecule has 5 nitrogen and oxygen atoms in total. The Morgan fingerprint density at radius 2 is 1.94 bits per heavy atom. The Morgan fingerprint density at radius 1 is 1.29 bits per heavy atom. The first-order chi connectivity index (χ1) is 8.03. The molecule has 2 rings (SSSR count). The number of hydrogen-bond acceptors (Lipinski definition) is 2. The number of nitrogens with two attached hydrogens (primary N) is 1. The van der Waals surface area contributed by atoms with Crippen LogP contribution in [0.2, 0.25) is 0 Å². The fourth-order valence-electron chi connectivity index (χ4n) is 1.49. The molecule has 0 aromatic heterocycles. The van der Waals surface area contributed by atoms with E-state index in [9.17, 15) is 9.59 Å². The Labute approximate surface area is 112 Å². The maximum absolute atomic E-state index is 11.7. The van der Waals surface area contributed by atoms with Crippen molar-refractivity contribution in [3.05, 3.63) is 27.8 Å². The molecule has 1 aliphatic carbocycles. The van der Waals surface area contributed by atoms with Crippen LogP contribution >= 0.6 is 22.6 Å². The fraction of sp³-hybridized carbons (Fsp3) is 0.273. The summed E-state index contributed by atoms with van der Waals surface area (Å²) in [5.74, 6) is -0.476. The van der Waals surface area contributed by atoms with Crippen molar-refractivity contribution in [2.75, 3.05) is 5.32 Å². The molecule has 1 saturated carbocycles. The van der Waals surface area contributed by atoms with Gasteiger partial charge in [-0.15, -0.1) is 0 Å². The maximum Gasteiger partial charge on any atom is 0.320 e. The molecule has 0 bridgehead atoms. The number of para-hydroxylation sites is 1. The number of nitrogens with one attached hydrogen (secondary N) is 2. The number of primary amides is 1. The molecule has 0 aliphatic heterocycles. The summed E-state index contributed by atoms with van der Waals surface area (Å²) in [4.78, 5) is 22.8. The highest BCUT2D eigenvalue weighted by Crippen LogP contribution is 2.34. The molecular weight excluding hydrogens is 333 g/mol. The molecule has 0 saturated heterocycles. The van der Waals surface area contributed by atoms with Gasteiger partial charge >= 0.3 is 6.03 Å². The van der Waals surface area contributed by atoms with Crippen LogP contribution in [0.15, 0.2) is 24.3 Å². The van der Waals surface area contributed by atoms with E-state index in [1.807, 2.05) is 18.2 Å². The van der Waals surface area contributed by atoms with Crippen LogP contribution in [0, 0.1) is 3.57 Å². The highest BCUT2D eigenvalue weighted by molar-refractivity contribution is 14.1. The second-order valence-corrected chi connectivity index (χ2v) is 5.17. The molecule has 90 valence electrons. The molecule has 6 heteroatoms. The summed E-state index contributed by atoms with van der Waals surface area (Å²) in [7, 11) is 0. The number of carbonyl (C=O) groups excluding carboxylic acids is 2. The van der Waals surface area contributed by atoms with Gasteiger partial charge in [0.1, 0.15) is 5.54 Å². The van der Waals surface area contributed by atoms with Crippen LogP contribution in [0.1, 0.15) is 12.8 Å². The predicted molar refractivity (Wildman–Crippen MR) is 72.5 cm³/mol. The summed E-state index contributed by atoms with van der Waals surface area (Å²) in [6, 6.07) is 7.00. The summed E-state index contributed by atoms with van der Waals surface area (Å²) in [5.41, 5.74) is 5.11. The van der Waals surface area contributed by atoms with Crippen molar-refractivity contribution in [1.29, 1.82) is 0 Å². The highest BCUT2D eigenvalue weighted by Gasteiger charge is 2.49. The zero-order chi connectivity index (χ0) is 12.5. The summed E-state index contributed by atoms with van der Waals surface area (Å²) in [6.07, 6.45) is 1.23. The zero-order valence-corrected chi connectivity index (χ0v) is 11.2. The van der Waals surface area contributed by atoms with Gasteiger partial charge in [-0.05, 0) is 47.6 Å². The maximum atomic E-state index is 11.7. The quantitative estimate of drug-likeness (QED) is 0.724. The SMILES string of the molecule is NC(=O)C1(NC(=O)Nc2ccccc2I)CC1. The van der Waals surface area contributed by atoms with Crippen LogP contribution in [0.3, 0.4) is 0 Å². The minimum absolute atomic E-state index is 0.398. The first-order valence-corrected chi connectivity index (χ1v) is 6.25. The molecule has 1 aromatic carbocycles. The molecule has 17 heavy (non-hydrogen) atoms. The van der Waals surface area contributed by atoms with Gasteiger partial charge in [-0.25, -0.2) is 4.79 Å². The average molecular weight is 345 g/mol. The molecule has 0 heterocycles. The van der Waals surface area contributed by atoms with Gasteiger partial charge in [0.25, 0.3) is 0 Å². The Kier molecular flexibility index (Phi) is 3.23. The average Bonchev–Trinajstić information content (AvgIpc) is 3.02. The van der Waals surface area contributed by atoms with Gasteiger partial charge in [-0.3, -0.25) is 4.79 Å². The van der Waals surface area contributed by atoms with Gasteiger partial charge in [0.15, 0.2) is 0 Å². The van der Waals surface area contributed by atoms with E-state index in [2.05, 4.69) is 33.2 Å². The number of amides is 3. The molecule has 0 atom stereocenters. The van der Waals surface area contributed by atoms with Crippen LogP contribution in [0.5, 0.6) is 0 Å². The molecule has 0 radical (unpaired) electrons. The summed E-state index contributed by atoms with van der Waals surface area (Å²) < 4.78 is 0.934. The molecule has 1 fully saturated rings. The van der Waals surface area contributed by atoms with Crippen molar-refractivity contribution in [3.63, 3.8) is 0 Å². The van der Waals surface area contributed by atoms with Gasteiger partial charge in [-0.1, -0.05) is 12.1 Å². The molecule has 4 N–H and O–H groups in total. The van der Waals surface area contributed by atoms with E-state index >= 15 is 0 Å². The number of hydrogen-bond donors (Lipinski definition) is 3. The highest BCUT2D eigenvalue weighted by atomic mass is 127. The number of urea groups is 1. The fourth-order valence-corrected chi connectivity index (χ4v) is 2.01. The van der Waals surface area contributed by atoms with Crippen molar-refractivity contribution >= 4 is 40.2 Å². The lowest BCUT2D eigenvalue weighted by Gasteiger charge is -2.14. The van der Waals surface area contributed by atoms with Crippen LogP contribution in [-0.4, -0.2) is 17.5 Å². The van der Waals surface area contributed by atoms with Crippen LogP contribution in [-0.2, 0) is 4.79 Å². The van der Waals surface area contributed by atoms with E-state index in [-0.39, 0.29) is 0 Å². The van der Waals surface area contributed by atoms with E-state index in [1.54, 1.807) is 6.07 Å². The zero-order valence-electron chi connectivity index (χ0n) is 9.00. The molecule has 0 spiro atoms. The van der Waals surface area contributed by atoms with Crippen molar-refractivity contribution in [2.45, 2.75) is 18.4 Å². The molecular formula is C11H12IN3O2. The second-order valence-electron chi connectivity index (χ2n) is 4.01. The van der Waals surface area contributed by atoms with Crippen LogP contribution < -0.4 is 16.4 Å². The van der Waals surface area contributed by atoms with Crippen molar-refractivity contribution < 1.29 is 9.59 Å². The lowest BCUT2D eigenvalue weighted by molar-refractivity contribution is -0.120. The van der Waals surface area contributed by atoms with Gasteiger partial charge in [0.2, 0.25) is 5.91 Å². The Morgan fingerprint density at radius 3 is 2.47 bits per heavy atom. The van der Waals surface area contributed by atoms with Gasteiger partial charge in [0, 0.05) is 3.57 Å². The number of anilines is 1.